The SMILES string of the molecule is CCn1nc(C)c(C(=O)N(C)Cc2cc(-c3ccncc3)no2)c1C. The second kappa shape index (κ2) is 6.88. The van der Waals surface area contributed by atoms with Crippen molar-refractivity contribution < 1.29 is 9.32 Å². The molecule has 0 N–H and O–H groups in total. The zero-order valence-electron chi connectivity index (χ0n) is 14.9. The highest BCUT2D eigenvalue weighted by Crippen LogP contribution is 2.20. The molecule has 0 bridgehead atoms. The first kappa shape index (κ1) is 16.9. The predicted molar refractivity (Wildman–Crippen MR) is 92.9 cm³/mol. The van der Waals surface area contributed by atoms with Crippen molar-refractivity contribution in [2.75, 3.05) is 7.05 Å². The van der Waals surface area contributed by atoms with Crippen LogP contribution in [0.5, 0.6) is 0 Å². The first-order valence-corrected chi connectivity index (χ1v) is 8.16. The number of aryl methyl sites for hydroxylation is 2. The van der Waals surface area contributed by atoms with Gasteiger partial charge in [0.15, 0.2) is 5.76 Å². The summed E-state index contributed by atoms with van der Waals surface area (Å²) in [6.45, 7) is 6.86. The maximum Gasteiger partial charge on any atom is 0.257 e. The van der Waals surface area contributed by atoms with E-state index in [1.54, 1.807) is 24.3 Å². The van der Waals surface area contributed by atoms with E-state index in [2.05, 4.69) is 15.2 Å². The van der Waals surface area contributed by atoms with Crippen LogP contribution in [0.4, 0.5) is 0 Å². The zero-order valence-corrected chi connectivity index (χ0v) is 14.9. The Bertz CT molecular complexity index is 882. The molecule has 0 saturated heterocycles. The van der Waals surface area contributed by atoms with E-state index in [-0.39, 0.29) is 5.91 Å². The highest BCUT2D eigenvalue weighted by Gasteiger charge is 2.22. The van der Waals surface area contributed by atoms with E-state index in [0.717, 1.165) is 29.2 Å². The summed E-state index contributed by atoms with van der Waals surface area (Å²) in [4.78, 5) is 18.4. The third-order valence-electron chi connectivity index (χ3n) is 4.17. The number of hydrogen-bond acceptors (Lipinski definition) is 5. The summed E-state index contributed by atoms with van der Waals surface area (Å²) < 4.78 is 7.22. The standard InChI is InChI=1S/C18H21N5O2/c1-5-23-13(3)17(12(2)20-23)18(24)22(4)11-15-10-16(21-25-15)14-6-8-19-9-7-14/h6-10H,5,11H2,1-4H3. The molecule has 0 aliphatic rings. The molecule has 130 valence electrons. The largest absolute Gasteiger partial charge is 0.359 e. The lowest BCUT2D eigenvalue weighted by Gasteiger charge is -2.15. The number of amides is 1. The van der Waals surface area contributed by atoms with Gasteiger partial charge in [0.1, 0.15) is 5.69 Å². The number of carbonyl (C=O) groups excluding carboxylic acids is 1. The predicted octanol–water partition coefficient (Wildman–Crippen LogP) is 2.84. The van der Waals surface area contributed by atoms with Gasteiger partial charge in [-0.3, -0.25) is 14.5 Å². The fourth-order valence-electron chi connectivity index (χ4n) is 2.86. The van der Waals surface area contributed by atoms with Crippen LogP contribution in [0.25, 0.3) is 11.3 Å². The minimum Gasteiger partial charge on any atom is -0.359 e. The Morgan fingerprint density at radius 3 is 2.64 bits per heavy atom. The molecule has 3 aromatic rings. The van der Waals surface area contributed by atoms with E-state index < -0.39 is 0 Å². The average molecular weight is 339 g/mol. The average Bonchev–Trinajstić information content (AvgIpc) is 3.19. The molecule has 3 aromatic heterocycles. The Labute approximate surface area is 146 Å². The molecule has 0 unspecified atom stereocenters. The quantitative estimate of drug-likeness (QED) is 0.714. The molecule has 0 radical (unpaired) electrons. The first-order chi connectivity index (χ1) is 12.0. The van der Waals surface area contributed by atoms with E-state index in [1.807, 2.05) is 43.7 Å². The highest BCUT2D eigenvalue weighted by atomic mass is 16.5. The number of rotatable bonds is 5. The molecule has 0 saturated carbocycles. The van der Waals surface area contributed by atoms with Gasteiger partial charge in [-0.25, -0.2) is 0 Å². The molecule has 25 heavy (non-hydrogen) atoms. The molecule has 3 rings (SSSR count). The molecule has 0 aromatic carbocycles. The van der Waals surface area contributed by atoms with Gasteiger partial charge >= 0.3 is 0 Å². The number of hydrogen-bond donors (Lipinski definition) is 0. The first-order valence-electron chi connectivity index (χ1n) is 8.16. The Morgan fingerprint density at radius 2 is 2.00 bits per heavy atom. The second-order valence-electron chi connectivity index (χ2n) is 5.94. The van der Waals surface area contributed by atoms with E-state index in [4.69, 9.17) is 4.52 Å². The number of pyridine rings is 1. The van der Waals surface area contributed by atoms with Crippen LogP contribution in [0.1, 0.15) is 34.4 Å². The Balaban J connectivity index is 1.77. The van der Waals surface area contributed by atoms with Crippen molar-refractivity contribution in [3.63, 3.8) is 0 Å². The maximum atomic E-state index is 12.8. The van der Waals surface area contributed by atoms with Gasteiger partial charge in [0.05, 0.1) is 17.8 Å². The van der Waals surface area contributed by atoms with Crippen LogP contribution in [0.15, 0.2) is 35.1 Å². The van der Waals surface area contributed by atoms with Crippen LogP contribution in [-0.2, 0) is 13.1 Å². The Kier molecular flexibility index (Phi) is 4.65. The van der Waals surface area contributed by atoms with Crippen molar-refractivity contribution in [1.82, 2.24) is 24.8 Å². The fourth-order valence-corrected chi connectivity index (χ4v) is 2.86. The van der Waals surface area contributed by atoms with E-state index in [1.165, 1.54) is 0 Å². The lowest BCUT2D eigenvalue weighted by molar-refractivity contribution is 0.0770. The Morgan fingerprint density at radius 1 is 1.28 bits per heavy atom. The zero-order chi connectivity index (χ0) is 18.0. The third-order valence-corrected chi connectivity index (χ3v) is 4.17. The lowest BCUT2D eigenvalue weighted by Crippen LogP contribution is -2.27. The van der Waals surface area contributed by atoms with Crippen molar-refractivity contribution in [3.05, 3.63) is 53.3 Å². The van der Waals surface area contributed by atoms with Crippen LogP contribution in [-0.4, -0.2) is 37.8 Å². The van der Waals surface area contributed by atoms with Crippen molar-refractivity contribution in [1.29, 1.82) is 0 Å². The van der Waals surface area contributed by atoms with E-state index in [9.17, 15) is 4.79 Å². The highest BCUT2D eigenvalue weighted by molar-refractivity contribution is 5.96. The minimum absolute atomic E-state index is 0.0726. The summed E-state index contributed by atoms with van der Waals surface area (Å²) in [5, 5.41) is 8.48. The number of nitrogens with zero attached hydrogens (tertiary/aromatic N) is 5. The summed E-state index contributed by atoms with van der Waals surface area (Å²) in [5.41, 5.74) is 3.93. The molecule has 3 heterocycles. The van der Waals surface area contributed by atoms with Crippen LogP contribution >= 0.6 is 0 Å². The maximum absolute atomic E-state index is 12.8. The van der Waals surface area contributed by atoms with Gasteiger partial charge in [-0.05, 0) is 32.9 Å². The van der Waals surface area contributed by atoms with Crippen molar-refractivity contribution >= 4 is 5.91 Å². The second-order valence-corrected chi connectivity index (χ2v) is 5.94. The van der Waals surface area contributed by atoms with Gasteiger partial charge in [0.2, 0.25) is 0 Å². The van der Waals surface area contributed by atoms with E-state index in [0.29, 0.717) is 17.9 Å². The molecule has 0 aliphatic heterocycles. The molecule has 0 spiro atoms. The Hall–Kier alpha value is -2.96. The normalized spacial score (nSPS) is 10.9. The monoisotopic (exact) mass is 339 g/mol. The molecule has 0 aliphatic carbocycles. The summed E-state index contributed by atoms with van der Waals surface area (Å²) in [6, 6.07) is 5.57. The topological polar surface area (TPSA) is 77.1 Å². The van der Waals surface area contributed by atoms with Crippen LogP contribution in [0.2, 0.25) is 0 Å². The van der Waals surface area contributed by atoms with Crippen molar-refractivity contribution in [2.24, 2.45) is 0 Å². The van der Waals surface area contributed by atoms with E-state index >= 15 is 0 Å². The van der Waals surface area contributed by atoms with Crippen LogP contribution in [0.3, 0.4) is 0 Å². The van der Waals surface area contributed by atoms with Gasteiger partial charge in [0.25, 0.3) is 5.91 Å². The molecular weight excluding hydrogens is 318 g/mol. The van der Waals surface area contributed by atoms with Crippen molar-refractivity contribution in [3.8, 4) is 11.3 Å². The lowest BCUT2D eigenvalue weighted by atomic mass is 10.1. The summed E-state index contributed by atoms with van der Waals surface area (Å²) in [5.74, 6) is 0.553. The molecule has 1 amide bonds. The third kappa shape index (κ3) is 3.31. The van der Waals surface area contributed by atoms with Gasteiger partial charge in [0, 0.05) is 43.3 Å². The molecule has 0 fully saturated rings. The van der Waals surface area contributed by atoms with Gasteiger partial charge in [-0.1, -0.05) is 5.16 Å². The number of aromatic nitrogens is 4. The summed E-state index contributed by atoms with van der Waals surface area (Å²) >= 11 is 0. The molecule has 7 nitrogen and oxygen atoms in total. The van der Waals surface area contributed by atoms with Gasteiger partial charge in [-0.15, -0.1) is 0 Å². The summed E-state index contributed by atoms with van der Waals surface area (Å²) in [7, 11) is 1.75. The summed E-state index contributed by atoms with van der Waals surface area (Å²) in [6.07, 6.45) is 3.41. The van der Waals surface area contributed by atoms with Gasteiger partial charge in [-0.2, -0.15) is 5.10 Å². The minimum atomic E-state index is -0.0726. The van der Waals surface area contributed by atoms with Crippen molar-refractivity contribution in [2.45, 2.75) is 33.9 Å². The molecule has 0 atom stereocenters. The number of carbonyl (C=O) groups is 1. The smallest absolute Gasteiger partial charge is 0.257 e. The van der Waals surface area contributed by atoms with Gasteiger partial charge < -0.3 is 9.42 Å². The fraction of sp³-hybridized carbons (Fsp3) is 0.333. The van der Waals surface area contributed by atoms with Crippen LogP contribution < -0.4 is 0 Å². The van der Waals surface area contributed by atoms with Crippen LogP contribution in [0, 0.1) is 13.8 Å². The molecule has 7 heteroatoms. The molecular formula is C18H21N5O2.